The number of nitrogens with zero attached hydrogens (tertiary/aromatic N) is 1. The van der Waals surface area contributed by atoms with Gasteiger partial charge < -0.3 is 9.88 Å². The van der Waals surface area contributed by atoms with Crippen LogP contribution in [-0.2, 0) is 13.6 Å². The highest BCUT2D eigenvalue weighted by Gasteiger charge is 1.96. The van der Waals surface area contributed by atoms with Crippen LogP contribution in [0.15, 0.2) is 47.6 Å². The van der Waals surface area contributed by atoms with Crippen LogP contribution < -0.4 is 5.32 Å². The zero-order valence-electron chi connectivity index (χ0n) is 9.60. The van der Waals surface area contributed by atoms with Gasteiger partial charge in [0.05, 0.1) is 0 Å². The van der Waals surface area contributed by atoms with Crippen LogP contribution in [0.2, 0.25) is 0 Å². The third-order valence-corrected chi connectivity index (χ3v) is 3.18. The summed E-state index contributed by atoms with van der Waals surface area (Å²) >= 11 is 1.76. The Hall–Kier alpha value is -1.35. The van der Waals surface area contributed by atoms with Crippen molar-refractivity contribution in [3.05, 3.63) is 48.3 Å². The first-order valence-electron chi connectivity index (χ1n) is 5.27. The van der Waals surface area contributed by atoms with E-state index in [1.54, 1.807) is 11.8 Å². The van der Waals surface area contributed by atoms with Crippen molar-refractivity contribution in [2.45, 2.75) is 11.4 Å². The van der Waals surface area contributed by atoms with Crippen LogP contribution in [-0.4, -0.2) is 10.8 Å². The second-order valence-corrected chi connectivity index (χ2v) is 4.65. The molecule has 84 valence electrons. The Balaban J connectivity index is 1.99. The average molecular weight is 232 g/mol. The number of hydrogen-bond acceptors (Lipinski definition) is 2. The Morgan fingerprint density at radius 1 is 1.31 bits per heavy atom. The third-order valence-electron chi connectivity index (χ3n) is 2.46. The van der Waals surface area contributed by atoms with Gasteiger partial charge in [0.1, 0.15) is 0 Å². The minimum Gasteiger partial charge on any atom is -0.381 e. The second kappa shape index (κ2) is 5.12. The molecule has 1 aromatic heterocycles. The fraction of sp³-hybridized carbons (Fsp3) is 0.231. The summed E-state index contributed by atoms with van der Waals surface area (Å²) in [6.45, 7) is 0.874. The number of rotatable bonds is 4. The van der Waals surface area contributed by atoms with Crippen LogP contribution >= 0.6 is 11.8 Å². The molecule has 0 spiro atoms. The van der Waals surface area contributed by atoms with E-state index in [2.05, 4.69) is 58.9 Å². The zero-order chi connectivity index (χ0) is 11.4. The van der Waals surface area contributed by atoms with Crippen molar-refractivity contribution in [1.29, 1.82) is 0 Å². The lowest BCUT2D eigenvalue weighted by molar-refractivity contribution is 0.920. The number of hydrogen-bond donors (Lipinski definition) is 1. The quantitative estimate of drug-likeness (QED) is 0.814. The van der Waals surface area contributed by atoms with Crippen molar-refractivity contribution in [2.75, 3.05) is 11.6 Å². The first-order chi connectivity index (χ1) is 7.78. The molecule has 0 saturated carbocycles. The van der Waals surface area contributed by atoms with Crippen LogP contribution in [0.5, 0.6) is 0 Å². The van der Waals surface area contributed by atoms with Gasteiger partial charge in [-0.1, -0.05) is 6.07 Å². The maximum atomic E-state index is 3.42. The van der Waals surface area contributed by atoms with Gasteiger partial charge >= 0.3 is 0 Å². The molecule has 2 rings (SSSR count). The standard InChI is InChI=1S/C13H16N2S/c1-15-7-6-11(10-15)9-14-12-4-3-5-13(8-12)16-2/h3-8,10,14H,9H2,1-2H3. The van der Waals surface area contributed by atoms with Gasteiger partial charge in [0.25, 0.3) is 0 Å². The SMILES string of the molecule is CSc1cccc(NCc2ccn(C)c2)c1. The molecule has 0 fully saturated rings. The zero-order valence-corrected chi connectivity index (χ0v) is 10.4. The maximum absolute atomic E-state index is 3.42. The summed E-state index contributed by atoms with van der Waals surface area (Å²) in [7, 11) is 2.04. The lowest BCUT2D eigenvalue weighted by atomic mass is 10.3. The van der Waals surface area contributed by atoms with Crippen LogP contribution in [0.4, 0.5) is 5.69 Å². The first-order valence-corrected chi connectivity index (χ1v) is 6.49. The van der Waals surface area contributed by atoms with Crippen molar-refractivity contribution >= 4 is 17.4 Å². The highest BCUT2D eigenvalue weighted by atomic mass is 32.2. The van der Waals surface area contributed by atoms with Crippen molar-refractivity contribution in [2.24, 2.45) is 7.05 Å². The molecular formula is C13H16N2S. The molecule has 0 aliphatic heterocycles. The Bertz CT molecular complexity index is 462. The molecule has 2 aromatic rings. The molecule has 0 aliphatic carbocycles. The van der Waals surface area contributed by atoms with Crippen LogP contribution in [0.1, 0.15) is 5.56 Å². The van der Waals surface area contributed by atoms with Gasteiger partial charge in [-0.05, 0) is 36.1 Å². The molecule has 0 unspecified atom stereocenters. The topological polar surface area (TPSA) is 17.0 Å². The number of aromatic nitrogens is 1. The first kappa shape index (κ1) is 11.1. The van der Waals surface area contributed by atoms with E-state index < -0.39 is 0 Å². The summed E-state index contributed by atoms with van der Waals surface area (Å²) in [6.07, 6.45) is 6.29. The van der Waals surface area contributed by atoms with Crippen molar-refractivity contribution in [3.8, 4) is 0 Å². The van der Waals surface area contributed by atoms with Crippen LogP contribution in [0.25, 0.3) is 0 Å². The van der Waals surface area contributed by atoms with Gasteiger partial charge in [0.15, 0.2) is 0 Å². The molecule has 0 bridgehead atoms. The van der Waals surface area contributed by atoms with E-state index in [4.69, 9.17) is 0 Å². The van der Waals surface area contributed by atoms with Gasteiger partial charge in [-0.2, -0.15) is 0 Å². The number of aryl methyl sites for hydroxylation is 1. The van der Waals surface area contributed by atoms with Crippen LogP contribution in [0, 0.1) is 0 Å². The highest BCUT2D eigenvalue weighted by molar-refractivity contribution is 7.98. The minimum absolute atomic E-state index is 0.874. The van der Waals surface area contributed by atoms with E-state index in [-0.39, 0.29) is 0 Å². The van der Waals surface area contributed by atoms with Crippen molar-refractivity contribution in [1.82, 2.24) is 4.57 Å². The van der Waals surface area contributed by atoms with E-state index >= 15 is 0 Å². The molecular weight excluding hydrogens is 216 g/mol. The van der Waals surface area contributed by atoms with Gasteiger partial charge in [0.2, 0.25) is 0 Å². The summed E-state index contributed by atoms with van der Waals surface area (Å²) in [5.74, 6) is 0. The van der Waals surface area contributed by atoms with E-state index in [9.17, 15) is 0 Å². The minimum atomic E-state index is 0.874. The predicted octanol–water partition coefficient (Wildman–Crippen LogP) is 3.36. The van der Waals surface area contributed by atoms with Crippen molar-refractivity contribution < 1.29 is 0 Å². The Labute approximate surface area is 101 Å². The summed E-state index contributed by atoms with van der Waals surface area (Å²) in [4.78, 5) is 1.29. The molecule has 1 heterocycles. The monoisotopic (exact) mass is 232 g/mol. The number of thioether (sulfide) groups is 1. The fourth-order valence-electron chi connectivity index (χ4n) is 1.60. The lowest BCUT2D eigenvalue weighted by Crippen LogP contribution is -1.98. The lowest BCUT2D eigenvalue weighted by Gasteiger charge is -2.06. The molecule has 0 amide bonds. The van der Waals surface area contributed by atoms with Crippen LogP contribution in [0.3, 0.4) is 0 Å². The molecule has 3 heteroatoms. The molecule has 16 heavy (non-hydrogen) atoms. The van der Waals surface area contributed by atoms with Gasteiger partial charge in [-0.3, -0.25) is 0 Å². The van der Waals surface area contributed by atoms with E-state index in [1.165, 1.54) is 16.1 Å². The molecule has 0 atom stereocenters. The number of nitrogens with one attached hydrogen (secondary N) is 1. The van der Waals surface area contributed by atoms with E-state index in [0.29, 0.717) is 0 Å². The molecule has 1 aromatic carbocycles. The summed E-state index contributed by atoms with van der Waals surface area (Å²) in [6, 6.07) is 10.6. The maximum Gasteiger partial charge on any atom is 0.0415 e. The number of anilines is 1. The van der Waals surface area contributed by atoms with Gasteiger partial charge in [-0.15, -0.1) is 11.8 Å². The number of benzene rings is 1. The molecule has 0 saturated heterocycles. The summed E-state index contributed by atoms with van der Waals surface area (Å²) in [5, 5.41) is 3.42. The fourth-order valence-corrected chi connectivity index (χ4v) is 2.06. The van der Waals surface area contributed by atoms with E-state index in [1.807, 2.05) is 7.05 Å². The van der Waals surface area contributed by atoms with Gasteiger partial charge in [-0.25, -0.2) is 0 Å². The van der Waals surface area contributed by atoms with E-state index in [0.717, 1.165) is 6.54 Å². The Morgan fingerprint density at radius 2 is 2.19 bits per heavy atom. The highest BCUT2D eigenvalue weighted by Crippen LogP contribution is 2.19. The summed E-state index contributed by atoms with van der Waals surface area (Å²) < 4.78 is 2.06. The second-order valence-electron chi connectivity index (χ2n) is 3.77. The average Bonchev–Trinajstić information content (AvgIpc) is 2.73. The third kappa shape index (κ3) is 2.83. The molecule has 0 radical (unpaired) electrons. The molecule has 2 nitrogen and oxygen atoms in total. The Kier molecular flexibility index (Phi) is 3.57. The predicted molar refractivity (Wildman–Crippen MR) is 71.0 cm³/mol. The molecule has 1 N–H and O–H groups in total. The van der Waals surface area contributed by atoms with Crippen molar-refractivity contribution in [3.63, 3.8) is 0 Å². The smallest absolute Gasteiger partial charge is 0.0415 e. The normalized spacial score (nSPS) is 10.4. The molecule has 0 aliphatic rings. The largest absolute Gasteiger partial charge is 0.381 e. The summed E-state index contributed by atoms with van der Waals surface area (Å²) in [5.41, 5.74) is 2.48. The van der Waals surface area contributed by atoms with Gasteiger partial charge in [0, 0.05) is 36.6 Å². The Morgan fingerprint density at radius 3 is 2.88 bits per heavy atom.